The molecule has 26 heavy (non-hydrogen) atoms. The molecule has 1 fully saturated rings. The summed E-state index contributed by atoms with van der Waals surface area (Å²) in [6.45, 7) is 0.836. The lowest BCUT2D eigenvalue weighted by Gasteiger charge is -2.26. The van der Waals surface area contributed by atoms with E-state index in [0.29, 0.717) is 13.1 Å². The fourth-order valence-electron chi connectivity index (χ4n) is 2.90. The van der Waals surface area contributed by atoms with Gasteiger partial charge < -0.3 is 5.32 Å². The first kappa shape index (κ1) is 18.5. The molecule has 1 heterocycles. The molecule has 1 aliphatic rings. The number of carbonyl (C=O) groups is 1. The Morgan fingerprint density at radius 3 is 2.35 bits per heavy atom. The van der Waals surface area contributed by atoms with Gasteiger partial charge in [-0.05, 0) is 37.1 Å². The number of nitrogens with zero attached hydrogens (tertiary/aromatic N) is 1. The van der Waals surface area contributed by atoms with Crippen molar-refractivity contribution in [2.45, 2.75) is 24.2 Å². The summed E-state index contributed by atoms with van der Waals surface area (Å²) in [5.41, 5.74) is 0.00174. The van der Waals surface area contributed by atoms with Crippen LogP contribution in [0.1, 0.15) is 29.6 Å². The smallest absolute Gasteiger partial charge is 0.257 e. The molecule has 0 bridgehead atoms. The molecule has 1 saturated heterocycles. The molecule has 0 saturated carbocycles. The lowest BCUT2D eigenvalue weighted by molar-refractivity contribution is 0.102. The molecule has 8 heteroatoms. The van der Waals surface area contributed by atoms with E-state index in [2.05, 4.69) is 5.32 Å². The van der Waals surface area contributed by atoms with Crippen LogP contribution in [0.3, 0.4) is 0 Å². The van der Waals surface area contributed by atoms with E-state index in [-0.39, 0.29) is 16.1 Å². The van der Waals surface area contributed by atoms with Crippen molar-refractivity contribution in [1.29, 1.82) is 0 Å². The van der Waals surface area contributed by atoms with Crippen LogP contribution in [0.2, 0.25) is 0 Å². The second-order valence-corrected chi connectivity index (χ2v) is 7.95. The highest BCUT2D eigenvalue weighted by Crippen LogP contribution is 2.24. The number of carbonyl (C=O) groups excluding carboxylic acids is 1. The number of amides is 1. The molecule has 1 N–H and O–H groups in total. The van der Waals surface area contributed by atoms with Crippen molar-refractivity contribution in [3.8, 4) is 0 Å². The number of hydrogen-bond acceptors (Lipinski definition) is 3. The highest BCUT2D eigenvalue weighted by molar-refractivity contribution is 7.89. The third kappa shape index (κ3) is 3.76. The van der Waals surface area contributed by atoms with E-state index in [0.717, 1.165) is 31.4 Å². The average molecular weight is 380 g/mol. The molecule has 0 radical (unpaired) electrons. The molecule has 3 rings (SSSR count). The van der Waals surface area contributed by atoms with Gasteiger partial charge in [0.15, 0.2) is 11.6 Å². The number of sulfonamides is 1. The summed E-state index contributed by atoms with van der Waals surface area (Å²) in [5.74, 6) is -2.83. The van der Waals surface area contributed by atoms with Gasteiger partial charge in [0.2, 0.25) is 10.0 Å². The molecule has 0 unspecified atom stereocenters. The maximum absolute atomic E-state index is 13.3. The van der Waals surface area contributed by atoms with Gasteiger partial charge in [-0.15, -0.1) is 0 Å². The summed E-state index contributed by atoms with van der Waals surface area (Å²) in [6.07, 6.45) is 2.54. The Morgan fingerprint density at radius 1 is 0.962 bits per heavy atom. The number of nitrogens with one attached hydrogen (secondary N) is 1. The van der Waals surface area contributed by atoms with E-state index in [1.165, 1.54) is 22.5 Å². The van der Waals surface area contributed by atoms with Crippen molar-refractivity contribution in [3.05, 3.63) is 59.7 Å². The molecule has 138 valence electrons. The number of anilines is 1. The van der Waals surface area contributed by atoms with Crippen LogP contribution in [-0.4, -0.2) is 31.7 Å². The highest BCUT2D eigenvalue weighted by atomic mass is 32.2. The predicted molar refractivity (Wildman–Crippen MR) is 93.4 cm³/mol. The van der Waals surface area contributed by atoms with E-state index in [1.54, 1.807) is 12.1 Å². The second kappa shape index (κ2) is 7.51. The fraction of sp³-hybridized carbons (Fsp3) is 0.278. The lowest BCUT2D eigenvalue weighted by atomic mass is 10.2. The minimum absolute atomic E-state index is 0.0391. The molecule has 0 spiro atoms. The van der Waals surface area contributed by atoms with E-state index >= 15 is 0 Å². The molecule has 2 aromatic rings. The Bertz CT molecular complexity index is 926. The molecule has 1 amide bonds. The SMILES string of the molecule is O=C(Nc1ccc(F)c(F)c1)c1ccccc1S(=O)(=O)N1CCCCC1. The van der Waals surface area contributed by atoms with Gasteiger partial charge in [-0.25, -0.2) is 17.2 Å². The molecule has 0 aliphatic carbocycles. The number of benzene rings is 2. The Balaban J connectivity index is 1.91. The zero-order valence-corrected chi connectivity index (χ0v) is 14.7. The van der Waals surface area contributed by atoms with Gasteiger partial charge in [-0.3, -0.25) is 4.79 Å². The second-order valence-electron chi connectivity index (χ2n) is 6.04. The minimum atomic E-state index is -3.81. The zero-order valence-electron chi connectivity index (χ0n) is 13.9. The summed E-state index contributed by atoms with van der Waals surface area (Å²) < 4.78 is 53.5. The molecule has 1 aliphatic heterocycles. The molecular formula is C18H18F2N2O3S. The standard InChI is InChI=1S/C18H18F2N2O3S/c19-15-9-8-13(12-16(15)20)21-18(23)14-6-2-3-7-17(14)26(24,25)22-10-4-1-5-11-22/h2-3,6-9,12H,1,4-5,10-11H2,(H,21,23). The molecule has 0 aromatic heterocycles. The van der Waals surface area contributed by atoms with Crippen molar-refractivity contribution >= 4 is 21.6 Å². The van der Waals surface area contributed by atoms with Crippen LogP contribution < -0.4 is 5.32 Å². The van der Waals surface area contributed by atoms with Crippen LogP contribution in [-0.2, 0) is 10.0 Å². The third-order valence-electron chi connectivity index (χ3n) is 4.24. The number of piperidine rings is 1. The summed E-state index contributed by atoms with van der Waals surface area (Å²) in [6, 6.07) is 8.81. The average Bonchev–Trinajstić information content (AvgIpc) is 2.65. The normalized spacial score (nSPS) is 15.6. The first-order valence-corrected chi connectivity index (χ1v) is 9.69. The van der Waals surface area contributed by atoms with Gasteiger partial charge in [0.1, 0.15) is 0 Å². The van der Waals surface area contributed by atoms with Gasteiger partial charge >= 0.3 is 0 Å². The number of rotatable bonds is 4. The van der Waals surface area contributed by atoms with Crippen molar-refractivity contribution in [2.75, 3.05) is 18.4 Å². The van der Waals surface area contributed by atoms with E-state index in [4.69, 9.17) is 0 Å². The molecule has 0 atom stereocenters. The fourth-order valence-corrected chi connectivity index (χ4v) is 4.60. The maximum Gasteiger partial charge on any atom is 0.257 e. The third-order valence-corrected chi connectivity index (χ3v) is 6.20. The quantitative estimate of drug-likeness (QED) is 0.884. The van der Waals surface area contributed by atoms with Crippen LogP contribution in [0.25, 0.3) is 0 Å². The lowest BCUT2D eigenvalue weighted by Crippen LogP contribution is -2.36. The monoisotopic (exact) mass is 380 g/mol. The summed E-state index contributed by atoms with van der Waals surface area (Å²) in [5, 5.41) is 2.41. The molecular weight excluding hydrogens is 362 g/mol. The number of halogens is 2. The van der Waals surface area contributed by atoms with Gasteiger partial charge in [-0.1, -0.05) is 18.6 Å². The van der Waals surface area contributed by atoms with Crippen LogP contribution in [0.15, 0.2) is 47.4 Å². The zero-order chi connectivity index (χ0) is 18.7. The summed E-state index contributed by atoms with van der Waals surface area (Å²) >= 11 is 0. The van der Waals surface area contributed by atoms with Crippen LogP contribution in [0.5, 0.6) is 0 Å². The predicted octanol–water partition coefficient (Wildman–Crippen LogP) is 3.39. The van der Waals surface area contributed by atoms with E-state index in [9.17, 15) is 22.0 Å². The Hall–Kier alpha value is -2.32. The minimum Gasteiger partial charge on any atom is -0.322 e. The maximum atomic E-state index is 13.3. The van der Waals surface area contributed by atoms with Crippen LogP contribution in [0, 0.1) is 11.6 Å². The Morgan fingerprint density at radius 2 is 1.65 bits per heavy atom. The van der Waals surface area contributed by atoms with Gasteiger partial charge in [0.25, 0.3) is 5.91 Å². The molecule has 2 aromatic carbocycles. The van der Waals surface area contributed by atoms with E-state index in [1.807, 2.05) is 0 Å². The highest BCUT2D eigenvalue weighted by Gasteiger charge is 2.29. The Kier molecular flexibility index (Phi) is 5.33. The van der Waals surface area contributed by atoms with Crippen molar-refractivity contribution in [1.82, 2.24) is 4.31 Å². The first-order valence-electron chi connectivity index (χ1n) is 8.25. The summed E-state index contributed by atoms with van der Waals surface area (Å²) in [4.78, 5) is 12.5. The Labute approximate surface area is 150 Å². The van der Waals surface area contributed by atoms with Crippen molar-refractivity contribution < 1.29 is 22.0 Å². The van der Waals surface area contributed by atoms with Gasteiger partial charge in [0.05, 0.1) is 10.5 Å². The van der Waals surface area contributed by atoms with Gasteiger partial charge in [-0.2, -0.15) is 4.31 Å². The number of hydrogen-bond donors (Lipinski definition) is 1. The van der Waals surface area contributed by atoms with Crippen LogP contribution in [0.4, 0.5) is 14.5 Å². The van der Waals surface area contributed by atoms with E-state index < -0.39 is 27.6 Å². The van der Waals surface area contributed by atoms with Crippen molar-refractivity contribution in [2.24, 2.45) is 0 Å². The van der Waals surface area contributed by atoms with Gasteiger partial charge in [0, 0.05) is 24.8 Å². The van der Waals surface area contributed by atoms with Crippen LogP contribution >= 0.6 is 0 Å². The van der Waals surface area contributed by atoms with Crippen molar-refractivity contribution in [3.63, 3.8) is 0 Å². The topological polar surface area (TPSA) is 66.5 Å². The first-order chi connectivity index (χ1) is 12.4. The molecule has 5 nitrogen and oxygen atoms in total. The summed E-state index contributed by atoms with van der Waals surface area (Å²) in [7, 11) is -3.81. The largest absolute Gasteiger partial charge is 0.322 e.